The third-order valence-electron chi connectivity index (χ3n) is 3.15. The summed E-state index contributed by atoms with van der Waals surface area (Å²) in [6.07, 6.45) is 2.31. The van der Waals surface area contributed by atoms with Crippen molar-refractivity contribution >= 4 is 0 Å². The number of rotatable bonds is 2. The number of fused-ring (bicyclic) bond motifs is 1. The molecule has 0 saturated heterocycles. The maximum Gasteiger partial charge on any atom is 0.325 e. The molecule has 0 amide bonds. The molecule has 2 aromatic rings. The predicted molar refractivity (Wildman–Crippen MR) is 64.2 cm³/mol. The van der Waals surface area contributed by atoms with E-state index in [1.807, 2.05) is 12.1 Å². The standard InChI is InChI=1S/C12H13N3O3/c16-11-9-7-15(6-8-2-1-5-18-8)4-3-10(9)13-12(17)14-11/h1-2,5H,3-4,6-7H2,(H2,13,14,16,17). The van der Waals surface area contributed by atoms with Gasteiger partial charge in [0.2, 0.25) is 0 Å². The van der Waals surface area contributed by atoms with Gasteiger partial charge in [0.1, 0.15) is 5.76 Å². The third-order valence-corrected chi connectivity index (χ3v) is 3.15. The number of hydrogen-bond acceptors (Lipinski definition) is 4. The number of furan rings is 1. The van der Waals surface area contributed by atoms with Crippen molar-refractivity contribution in [3.8, 4) is 0 Å². The van der Waals surface area contributed by atoms with Gasteiger partial charge in [0.05, 0.1) is 18.4 Å². The van der Waals surface area contributed by atoms with E-state index in [2.05, 4.69) is 14.9 Å². The zero-order valence-corrected chi connectivity index (χ0v) is 9.73. The first-order chi connectivity index (χ1) is 8.72. The molecule has 3 heterocycles. The summed E-state index contributed by atoms with van der Waals surface area (Å²) >= 11 is 0. The fourth-order valence-electron chi connectivity index (χ4n) is 2.27. The lowest BCUT2D eigenvalue weighted by molar-refractivity contribution is 0.222. The van der Waals surface area contributed by atoms with Crippen LogP contribution in [0.3, 0.4) is 0 Å². The molecule has 0 spiro atoms. The topological polar surface area (TPSA) is 82.1 Å². The smallest absolute Gasteiger partial charge is 0.325 e. The molecule has 18 heavy (non-hydrogen) atoms. The summed E-state index contributed by atoms with van der Waals surface area (Å²) in [5.74, 6) is 0.874. The van der Waals surface area contributed by atoms with Crippen LogP contribution in [0, 0.1) is 0 Å². The van der Waals surface area contributed by atoms with Crippen molar-refractivity contribution in [2.45, 2.75) is 19.5 Å². The molecule has 0 radical (unpaired) electrons. The van der Waals surface area contributed by atoms with Crippen LogP contribution in [0.2, 0.25) is 0 Å². The van der Waals surface area contributed by atoms with E-state index in [-0.39, 0.29) is 5.56 Å². The molecule has 6 nitrogen and oxygen atoms in total. The molecule has 0 atom stereocenters. The second kappa shape index (κ2) is 4.30. The van der Waals surface area contributed by atoms with E-state index in [0.717, 1.165) is 18.0 Å². The molecule has 1 aliphatic rings. The zero-order valence-electron chi connectivity index (χ0n) is 9.73. The second-order valence-electron chi connectivity index (χ2n) is 4.41. The monoisotopic (exact) mass is 247 g/mol. The van der Waals surface area contributed by atoms with Crippen LogP contribution in [-0.4, -0.2) is 21.4 Å². The number of nitrogens with zero attached hydrogens (tertiary/aromatic N) is 1. The van der Waals surface area contributed by atoms with E-state index < -0.39 is 5.69 Å². The number of nitrogens with one attached hydrogen (secondary N) is 2. The Labute approximate surface area is 102 Å². The van der Waals surface area contributed by atoms with Crippen molar-refractivity contribution in [1.82, 2.24) is 14.9 Å². The molecule has 1 aliphatic heterocycles. The Morgan fingerprint density at radius 1 is 1.33 bits per heavy atom. The molecule has 0 aromatic carbocycles. The molecular formula is C12H13N3O3. The maximum atomic E-state index is 11.7. The Kier molecular flexibility index (Phi) is 2.64. The second-order valence-corrected chi connectivity index (χ2v) is 4.41. The molecule has 0 fully saturated rings. The summed E-state index contributed by atoms with van der Waals surface area (Å²) in [5, 5.41) is 0. The Morgan fingerprint density at radius 2 is 2.22 bits per heavy atom. The molecule has 0 bridgehead atoms. The minimum absolute atomic E-state index is 0.294. The number of aromatic nitrogens is 2. The molecule has 2 N–H and O–H groups in total. The first-order valence-corrected chi connectivity index (χ1v) is 5.81. The molecule has 3 rings (SSSR count). The predicted octanol–water partition coefficient (Wildman–Crippen LogP) is 0.214. The van der Waals surface area contributed by atoms with E-state index in [9.17, 15) is 9.59 Å². The van der Waals surface area contributed by atoms with Gasteiger partial charge in [-0.25, -0.2) is 4.79 Å². The molecule has 0 unspecified atom stereocenters. The van der Waals surface area contributed by atoms with Crippen molar-refractivity contribution in [2.75, 3.05) is 6.54 Å². The first kappa shape index (κ1) is 11.0. The molecule has 94 valence electrons. The highest BCUT2D eigenvalue weighted by Crippen LogP contribution is 2.15. The summed E-state index contributed by atoms with van der Waals surface area (Å²) in [6, 6.07) is 3.75. The van der Waals surface area contributed by atoms with Gasteiger partial charge in [0.25, 0.3) is 5.56 Å². The summed E-state index contributed by atoms with van der Waals surface area (Å²) in [6.45, 7) is 2.00. The van der Waals surface area contributed by atoms with Gasteiger partial charge < -0.3 is 9.40 Å². The van der Waals surface area contributed by atoms with Gasteiger partial charge >= 0.3 is 5.69 Å². The number of H-pyrrole nitrogens is 2. The van der Waals surface area contributed by atoms with Gasteiger partial charge in [0, 0.05) is 25.2 Å². The van der Waals surface area contributed by atoms with Crippen LogP contribution in [0.4, 0.5) is 0 Å². The van der Waals surface area contributed by atoms with Crippen LogP contribution in [0.5, 0.6) is 0 Å². The normalized spacial score (nSPS) is 15.6. The molecular weight excluding hydrogens is 234 g/mol. The minimum Gasteiger partial charge on any atom is -0.468 e. The van der Waals surface area contributed by atoms with Gasteiger partial charge in [-0.05, 0) is 12.1 Å². The van der Waals surface area contributed by atoms with Gasteiger partial charge in [-0.15, -0.1) is 0 Å². The average Bonchev–Trinajstić information content (AvgIpc) is 2.83. The minimum atomic E-state index is -0.432. The number of aromatic amines is 2. The van der Waals surface area contributed by atoms with E-state index in [0.29, 0.717) is 25.1 Å². The largest absolute Gasteiger partial charge is 0.468 e. The summed E-state index contributed by atoms with van der Waals surface area (Å²) in [4.78, 5) is 29.9. The average molecular weight is 247 g/mol. The van der Waals surface area contributed by atoms with Crippen LogP contribution < -0.4 is 11.2 Å². The summed E-state index contributed by atoms with van der Waals surface area (Å²) < 4.78 is 5.29. The first-order valence-electron chi connectivity index (χ1n) is 5.81. The molecule has 6 heteroatoms. The highest BCUT2D eigenvalue weighted by molar-refractivity contribution is 5.19. The number of hydrogen-bond donors (Lipinski definition) is 2. The zero-order chi connectivity index (χ0) is 12.5. The highest BCUT2D eigenvalue weighted by atomic mass is 16.3. The molecule has 0 saturated carbocycles. The Balaban J connectivity index is 1.85. The van der Waals surface area contributed by atoms with E-state index in [4.69, 9.17) is 4.42 Å². The Hall–Kier alpha value is -2.08. The summed E-state index contributed by atoms with van der Waals surface area (Å²) in [5.41, 5.74) is 0.669. The van der Waals surface area contributed by atoms with Crippen LogP contribution in [-0.2, 0) is 19.5 Å². The lowest BCUT2D eigenvalue weighted by Crippen LogP contribution is -2.38. The van der Waals surface area contributed by atoms with Crippen LogP contribution in [0.1, 0.15) is 17.0 Å². The van der Waals surface area contributed by atoms with Crippen LogP contribution in [0.15, 0.2) is 32.4 Å². The fourth-order valence-corrected chi connectivity index (χ4v) is 2.27. The van der Waals surface area contributed by atoms with Crippen LogP contribution >= 0.6 is 0 Å². The van der Waals surface area contributed by atoms with E-state index in [1.165, 1.54) is 0 Å². The quantitative estimate of drug-likeness (QED) is 0.795. The third kappa shape index (κ3) is 2.02. The van der Waals surface area contributed by atoms with Crippen molar-refractivity contribution in [1.29, 1.82) is 0 Å². The van der Waals surface area contributed by atoms with Gasteiger partial charge in [-0.3, -0.25) is 14.7 Å². The van der Waals surface area contributed by atoms with E-state index in [1.54, 1.807) is 6.26 Å². The molecule has 2 aromatic heterocycles. The lowest BCUT2D eigenvalue weighted by atomic mass is 10.1. The summed E-state index contributed by atoms with van der Waals surface area (Å²) in [7, 11) is 0. The maximum absolute atomic E-state index is 11.7. The van der Waals surface area contributed by atoms with Crippen molar-refractivity contribution < 1.29 is 4.42 Å². The van der Waals surface area contributed by atoms with E-state index >= 15 is 0 Å². The molecule has 0 aliphatic carbocycles. The Bertz CT molecular complexity index is 654. The highest BCUT2D eigenvalue weighted by Gasteiger charge is 2.20. The SMILES string of the molecule is O=c1[nH]c2c(c(=O)[nH]1)CN(Cc1ccco1)CC2. The van der Waals surface area contributed by atoms with Crippen molar-refractivity contribution in [3.63, 3.8) is 0 Å². The van der Waals surface area contributed by atoms with Crippen LogP contribution in [0.25, 0.3) is 0 Å². The van der Waals surface area contributed by atoms with Gasteiger partial charge in [-0.2, -0.15) is 0 Å². The fraction of sp³-hybridized carbons (Fsp3) is 0.333. The van der Waals surface area contributed by atoms with Crippen molar-refractivity contribution in [3.05, 3.63) is 56.3 Å². The Morgan fingerprint density at radius 3 is 3.00 bits per heavy atom. The van der Waals surface area contributed by atoms with Gasteiger partial charge in [-0.1, -0.05) is 0 Å². The van der Waals surface area contributed by atoms with Gasteiger partial charge in [0.15, 0.2) is 0 Å². The lowest BCUT2D eigenvalue weighted by Gasteiger charge is -2.26. The van der Waals surface area contributed by atoms with Crippen molar-refractivity contribution in [2.24, 2.45) is 0 Å².